The summed E-state index contributed by atoms with van der Waals surface area (Å²) in [5.74, 6) is -0.853. The molecule has 0 fully saturated rings. The van der Waals surface area contributed by atoms with E-state index < -0.39 is 26.5 Å². The summed E-state index contributed by atoms with van der Waals surface area (Å²) in [5.41, 5.74) is 5.35. The molecule has 0 aliphatic rings. The number of rotatable bonds is 41. The van der Waals surface area contributed by atoms with Gasteiger partial charge in [0.1, 0.15) is 6.61 Å². The highest BCUT2D eigenvalue weighted by Gasteiger charge is 2.26. The SMILES string of the molecule is CC/C=C\C/C=C\C/C=C\C/C=C\CCCCCCC(=O)O[C@H](COC(=O)CCCCCCCCCCCCCCCCCCC)COP(=O)(O)OCCN. The van der Waals surface area contributed by atoms with Crippen molar-refractivity contribution in [2.24, 2.45) is 5.73 Å². The lowest BCUT2D eigenvalue weighted by molar-refractivity contribution is -0.161. The van der Waals surface area contributed by atoms with E-state index in [4.69, 9.17) is 24.3 Å². The van der Waals surface area contributed by atoms with Crippen molar-refractivity contribution in [3.63, 3.8) is 0 Å². The first-order valence-electron chi connectivity index (χ1n) is 22.1. The van der Waals surface area contributed by atoms with Crippen LogP contribution in [0.2, 0.25) is 0 Å². The third-order valence-electron chi connectivity index (χ3n) is 9.23. The number of allylic oxidation sites excluding steroid dienone is 8. The Balaban J connectivity index is 4.17. The predicted octanol–water partition coefficient (Wildman–Crippen LogP) is 12.7. The summed E-state index contributed by atoms with van der Waals surface area (Å²) in [7, 11) is -4.38. The molecule has 0 heterocycles. The minimum atomic E-state index is -4.38. The van der Waals surface area contributed by atoms with Crippen molar-refractivity contribution in [1.82, 2.24) is 0 Å². The Morgan fingerprint density at radius 3 is 1.49 bits per heavy atom. The van der Waals surface area contributed by atoms with Gasteiger partial charge in [-0.15, -0.1) is 0 Å². The van der Waals surface area contributed by atoms with Gasteiger partial charge in [-0.3, -0.25) is 18.6 Å². The van der Waals surface area contributed by atoms with E-state index in [0.29, 0.717) is 6.42 Å². The molecule has 0 aromatic rings. The molecular formula is C45H82NO8P. The Morgan fingerprint density at radius 1 is 0.564 bits per heavy atom. The van der Waals surface area contributed by atoms with Crippen LogP contribution in [0, 0.1) is 0 Å². The molecule has 0 saturated carbocycles. The average Bonchev–Trinajstić information content (AvgIpc) is 3.17. The van der Waals surface area contributed by atoms with E-state index in [1.54, 1.807) is 0 Å². The second-order valence-corrected chi connectivity index (χ2v) is 16.0. The molecule has 0 radical (unpaired) electrons. The summed E-state index contributed by atoms with van der Waals surface area (Å²) in [5, 5.41) is 0. The Labute approximate surface area is 336 Å². The molecule has 3 N–H and O–H groups in total. The van der Waals surface area contributed by atoms with Crippen LogP contribution in [-0.4, -0.2) is 49.3 Å². The van der Waals surface area contributed by atoms with Gasteiger partial charge >= 0.3 is 19.8 Å². The molecule has 9 nitrogen and oxygen atoms in total. The number of hydrogen-bond donors (Lipinski definition) is 2. The van der Waals surface area contributed by atoms with Gasteiger partial charge in [-0.1, -0.05) is 178 Å². The van der Waals surface area contributed by atoms with Gasteiger partial charge < -0.3 is 20.1 Å². The summed E-state index contributed by atoms with van der Waals surface area (Å²) in [6, 6.07) is 0. The predicted molar refractivity (Wildman–Crippen MR) is 229 cm³/mol. The molecule has 2 atom stereocenters. The van der Waals surface area contributed by atoms with Crippen molar-refractivity contribution in [1.29, 1.82) is 0 Å². The van der Waals surface area contributed by atoms with Gasteiger partial charge in [-0.05, 0) is 51.4 Å². The maximum Gasteiger partial charge on any atom is 0.472 e. The monoisotopic (exact) mass is 796 g/mol. The molecule has 0 aliphatic carbocycles. The quantitative estimate of drug-likeness (QED) is 0.0268. The van der Waals surface area contributed by atoms with Crippen LogP contribution in [0.5, 0.6) is 0 Å². The number of ether oxygens (including phenoxy) is 2. The highest BCUT2D eigenvalue weighted by Crippen LogP contribution is 2.43. The highest BCUT2D eigenvalue weighted by molar-refractivity contribution is 7.47. The fourth-order valence-corrected chi connectivity index (χ4v) is 6.74. The van der Waals surface area contributed by atoms with E-state index in [0.717, 1.165) is 70.6 Å². The molecule has 0 aliphatic heterocycles. The second kappa shape index (κ2) is 41.6. The van der Waals surface area contributed by atoms with Gasteiger partial charge in [0.25, 0.3) is 0 Å². The Hall–Kier alpha value is -2.03. The number of esters is 2. The number of nitrogens with two attached hydrogens (primary N) is 1. The molecule has 0 amide bonds. The van der Waals surface area contributed by atoms with Crippen LogP contribution in [0.4, 0.5) is 0 Å². The van der Waals surface area contributed by atoms with Crippen LogP contribution in [0.3, 0.4) is 0 Å². The number of carbonyl (C=O) groups is 2. The van der Waals surface area contributed by atoms with Crippen LogP contribution in [0.15, 0.2) is 48.6 Å². The van der Waals surface area contributed by atoms with Crippen molar-refractivity contribution in [3.8, 4) is 0 Å². The van der Waals surface area contributed by atoms with Crippen LogP contribution in [-0.2, 0) is 32.7 Å². The molecule has 0 saturated heterocycles. The Bertz CT molecular complexity index is 1040. The number of hydrogen-bond acceptors (Lipinski definition) is 8. The van der Waals surface area contributed by atoms with Crippen LogP contribution in [0.25, 0.3) is 0 Å². The molecule has 0 spiro atoms. The third kappa shape index (κ3) is 41.4. The topological polar surface area (TPSA) is 134 Å². The molecule has 0 aromatic heterocycles. The smallest absolute Gasteiger partial charge is 0.462 e. The number of phosphoric ester groups is 1. The lowest BCUT2D eigenvalue weighted by atomic mass is 10.0. The van der Waals surface area contributed by atoms with E-state index in [9.17, 15) is 19.0 Å². The molecule has 0 aromatic carbocycles. The minimum absolute atomic E-state index is 0.0484. The number of unbranched alkanes of at least 4 members (excludes halogenated alkanes) is 20. The van der Waals surface area contributed by atoms with E-state index in [-0.39, 0.29) is 38.6 Å². The number of carbonyl (C=O) groups excluding carboxylic acids is 2. The summed E-state index contributed by atoms with van der Waals surface area (Å²) in [6.45, 7) is 3.60. The summed E-state index contributed by atoms with van der Waals surface area (Å²) in [6.07, 6.45) is 47.1. The van der Waals surface area contributed by atoms with Crippen LogP contribution < -0.4 is 5.73 Å². The average molecular weight is 796 g/mol. The fraction of sp³-hybridized carbons (Fsp3) is 0.778. The third-order valence-corrected chi connectivity index (χ3v) is 10.2. The molecule has 320 valence electrons. The van der Waals surface area contributed by atoms with E-state index in [2.05, 4.69) is 62.5 Å². The van der Waals surface area contributed by atoms with Crippen molar-refractivity contribution >= 4 is 19.8 Å². The summed E-state index contributed by atoms with van der Waals surface area (Å²) in [4.78, 5) is 34.9. The van der Waals surface area contributed by atoms with Gasteiger partial charge in [0.05, 0.1) is 13.2 Å². The Kier molecular flexibility index (Phi) is 40.1. The van der Waals surface area contributed by atoms with E-state index >= 15 is 0 Å². The van der Waals surface area contributed by atoms with Crippen LogP contribution in [0.1, 0.15) is 194 Å². The zero-order valence-electron chi connectivity index (χ0n) is 35.2. The first-order valence-corrected chi connectivity index (χ1v) is 23.6. The van der Waals surface area contributed by atoms with Gasteiger partial charge in [-0.25, -0.2) is 4.57 Å². The van der Waals surface area contributed by atoms with Gasteiger partial charge in [0, 0.05) is 19.4 Å². The molecule has 55 heavy (non-hydrogen) atoms. The maximum atomic E-state index is 12.6. The van der Waals surface area contributed by atoms with E-state index in [1.165, 1.54) is 89.9 Å². The summed E-state index contributed by atoms with van der Waals surface area (Å²) >= 11 is 0. The van der Waals surface area contributed by atoms with Crippen molar-refractivity contribution in [3.05, 3.63) is 48.6 Å². The normalized spacial score (nSPS) is 13.7. The summed E-state index contributed by atoms with van der Waals surface area (Å²) < 4.78 is 32.8. The zero-order valence-corrected chi connectivity index (χ0v) is 36.0. The number of phosphoric acid groups is 1. The van der Waals surface area contributed by atoms with Crippen molar-refractivity contribution < 1.29 is 37.6 Å². The minimum Gasteiger partial charge on any atom is -0.462 e. The van der Waals surface area contributed by atoms with Crippen molar-refractivity contribution in [2.45, 2.75) is 200 Å². The first-order chi connectivity index (χ1) is 26.8. The van der Waals surface area contributed by atoms with Gasteiger partial charge in [-0.2, -0.15) is 0 Å². The maximum absolute atomic E-state index is 12.6. The standard InChI is InChI=1S/C45H82NO8P/c1-3-5-7-9-11-13-15-17-19-21-23-25-27-29-31-33-35-37-44(47)51-41-43(42-53-55(49,50)52-40-39-46)54-45(48)38-36-34-32-30-28-26-24-22-20-18-16-14-12-10-8-6-4-2/h6,8,12,14,18,20,24,26,43H,3-5,7,9-11,13,15-17,19,21-23,25,27-42,46H2,1-2H3,(H,49,50)/b8-6-,14-12-,20-18-,26-24-/t43-/m1/s1. The lowest BCUT2D eigenvalue weighted by Crippen LogP contribution is -2.29. The van der Waals surface area contributed by atoms with Crippen molar-refractivity contribution in [2.75, 3.05) is 26.4 Å². The lowest BCUT2D eigenvalue weighted by Gasteiger charge is -2.19. The largest absolute Gasteiger partial charge is 0.472 e. The molecular weight excluding hydrogens is 713 g/mol. The van der Waals surface area contributed by atoms with Gasteiger partial charge in [0.2, 0.25) is 0 Å². The van der Waals surface area contributed by atoms with Crippen LogP contribution >= 0.6 is 7.82 Å². The Morgan fingerprint density at radius 2 is 1.00 bits per heavy atom. The molecule has 0 bridgehead atoms. The van der Waals surface area contributed by atoms with E-state index in [1.807, 2.05) is 0 Å². The first kappa shape index (κ1) is 53.0. The fourth-order valence-electron chi connectivity index (χ4n) is 5.98. The molecule has 1 unspecified atom stereocenters. The molecule has 10 heteroatoms. The second-order valence-electron chi connectivity index (χ2n) is 14.5. The van der Waals surface area contributed by atoms with Gasteiger partial charge in [0.15, 0.2) is 6.10 Å². The molecule has 0 rings (SSSR count). The zero-order chi connectivity index (χ0) is 40.3. The highest BCUT2D eigenvalue weighted by atomic mass is 31.2.